The van der Waals surface area contributed by atoms with E-state index in [1.54, 1.807) is 42.5 Å². The minimum absolute atomic E-state index is 0.0983. The van der Waals surface area contributed by atoms with Crippen LogP contribution in [0.2, 0.25) is 5.02 Å². The quantitative estimate of drug-likeness (QED) is 0.746. The van der Waals surface area contributed by atoms with Crippen LogP contribution in [-0.4, -0.2) is 32.1 Å². The second-order valence-electron chi connectivity index (χ2n) is 5.85. The van der Waals surface area contributed by atoms with Crippen LogP contribution in [-0.2, 0) is 9.59 Å². The van der Waals surface area contributed by atoms with Crippen molar-refractivity contribution in [2.45, 2.75) is 6.92 Å². The normalized spacial score (nSPS) is 13.9. The molecule has 0 fully saturated rings. The van der Waals surface area contributed by atoms with E-state index in [0.717, 1.165) is 16.8 Å². The van der Waals surface area contributed by atoms with Gasteiger partial charge in [0.25, 0.3) is 11.8 Å². The fourth-order valence-corrected chi connectivity index (χ4v) is 2.93. The molecule has 0 spiro atoms. The van der Waals surface area contributed by atoms with Gasteiger partial charge in [-0.2, -0.15) is 0 Å². The highest BCUT2D eigenvalue weighted by Gasteiger charge is 2.24. The van der Waals surface area contributed by atoms with E-state index in [0.29, 0.717) is 28.6 Å². The minimum Gasteiger partial charge on any atom is -0.493 e. The summed E-state index contributed by atoms with van der Waals surface area (Å²) in [5.74, 6) is 0.522. The third kappa shape index (κ3) is 4.23. The van der Waals surface area contributed by atoms with Crippen LogP contribution in [0.25, 0.3) is 11.6 Å². The molecule has 1 aliphatic heterocycles. The number of carbonyl (C=O) groups is 2. The molecule has 0 saturated heterocycles. The summed E-state index contributed by atoms with van der Waals surface area (Å²) in [6.45, 7) is 2.28. The number of ether oxygens (including phenoxy) is 2. The number of halogens is 1. The fourth-order valence-electron chi connectivity index (χ4n) is 2.75. The molecule has 0 atom stereocenters. The lowest BCUT2D eigenvalue weighted by molar-refractivity contribution is -0.123. The Morgan fingerprint density at radius 1 is 1.22 bits per heavy atom. The van der Waals surface area contributed by atoms with Crippen LogP contribution in [0.4, 0.5) is 5.69 Å². The van der Waals surface area contributed by atoms with Crippen molar-refractivity contribution in [3.8, 4) is 11.5 Å². The summed E-state index contributed by atoms with van der Waals surface area (Å²) in [6, 6.07) is 10.5. The SMILES string of the molecule is CCNC(=O)COc1ccc(C=C2C(=O)Nc3ccc(Cl)cc32)cc1OC. The average Bonchev–Trinajstić information content (AvgIpc) is 2.95. The lowest BCUT2D eigenvalue weighted by Crippen LogP contribution is -2.28. The molecule has 1 heterocycles. The highest BCUT2D eigenvalue weighted by atomic mass is 35.5. The monoisotopic (exact) mass is 386 g/mol. The van der Waals surface area contributed by atoms with Crippen LogP contribution in [0.3, 0.4) is 0 Å². The molecule has 0 saturated carbocycles. The number of fused-ring (bicyclic) bond motifs is 1. The molecule has 2 aromatic rings. The Morgan fingerprint density at radius 3 is 2.78 bits per heavy atom. The van der Waals surface area contributed by atoms with Crippen molar-refractivity contribution in [1.82, 2.24) is 5.32 Å². The van der Waals surface area contributed by atoms with E-state index in [9.17, 15) is 9.59 Å². The summed E-state index contributed by atoms with van der Waals surface area (Å²) >= 11 is 6.06. The summed E-state index contributed by atoms with van der Waals surface area (Å²) in [6.07, 6.45) is 1.76. The Bertz CT molecular complexity index is 924. The molecule has 2 N–H and O–H groups in total. The van der Waals surface area contributed by atoms with Crippen LogP contribution in [0, 0.1) is 0 Å². The van der Waals surface area contributed by atoms with Gasteiger partial charge in [0.05, 0.1) is 7.11 Å². The van der Waals surface area contributed by atoms with Gasteiger partial charge in [0.1, 0.15) is 0 Å². The van der Waals surface area contributed by atoms with Gasteiger partial charge in [-0.15, -0.1) is 0 Å². The molecule has 1 aliphatic rings. The second kappa shape index (κ2) is 8.14. The first kappa shape index (κ1) is 18.8. The molecule has 3 rings (SSSR count). The number of anilines is 1. The van der Waals surface area contributed by atoms with Gasteiger partial charge in [-0.25, -0.2) is 0 Å². The number of nitrogens with one attached hydrogen (secondary N) is 2. The van der Waals surface area contributed by atoms with Gasteiger partial charge in [-0.05, 0) is 48.9 Å². The first-order valence-electron chi connectivity index (χ1n) is 8.42. The summed E-state index contributed by atoms with van der Waals surface area (Å²) < 4.78 is 10.9. The first-order chi connectivity index (χ1) is 13.0. The summed E-state index contributed by atoms with van der Waals surface area (Å²) in [5.41, 5.74) is 2.76. The van der Waals surface area contributed by atoms with Crippen LogP contribution < -0.4 is 20.1 Å². The largest absolute Gasteiger partial charge is 0.493 e. The summed E-state index contributed by atoms with van der Waals surface area (Å²) in [7, 11) is 1.52. The van der Waals surface area contributed by atoms with Crippen LogP contribution in [0.15, 0.2) is 36.4 Å². The molecule has 2 amide bonds. The van der Waals surface area contributed by atoms with Crippen molar-refractivity contribution in [2.24, 2.45) is 0 Å². The predicted octanol–water partition coefficient (Wildman–Crippen LogP) is 3.36. The Morgan fingerprint density at radius 2 is 2.04 bits per heavy atom. The topological polar surface area (TPSA) is 76.7 Å². The zero-order valence-corrected chi connectivity index (χ0v) is 15.7. The summed E-state index contributed by atoms with van der Waals surface area (Å²) in [4.78, 5) is 23.8. The maximum atomic E-state index is 12.3. The highest BCUT2D eigenvalue weighted by Crippen LogP contribution is 2.36. The molecule has 0 aromatic heterocycles. The number of carbonyl (C=O) groups excluding carboxylic acids is 2. The number of hydrogen-bond donors (Lipinski definition) is 2. The van der Waals surface area contributed by atoms with Gasteiger partial charge in [-0.1, -0.05) is 17.7 Å². The Hall–Kier alpha value is -2.99. The van der Waals surface area contributed by atoms with Crippen LogP contribution in [0.5, 0.6) is 11.5 Å². The minimum atomic E-state index is -0.207. The van der Waals surface area contributed by atoms with Crippen molar-refractivity contribution in [3.63, 3.8) is 0 Å². The van der Waals surface area contributed by atoms with E-state index in [2.05, 4.69) is 10.6 Å². The standard InChI is InChI=1S/C20H19ClN2O4/c1-3-22-19(24)11-27-17-7-4-12(9-18(17)26-2)8-15-14-10-13(21)5-6-16(14)23-20(15)25/h4-10H,3,11H2,1-2H3,(H,22,24)(H,23,25). The van der Waals surface area contributed by atoms with Crippen LogP contribution in [0.1, 0.15) is 18.1 Å². The van der Waals surface area contributed by atoms with Gasteiger partial charge < -0.3 is 20.1 Å². The molecule has 6 nitrogen and oxygen atoms in total. The third-order valence-electron chi connectivity index (χ3n) is 4.00. The Kier molecular flexibility index (Phi) is 5.66. The van der Waals surface area contributed by atoms with E-state index in [-0.39, 0.29) is 18.4 Å². The molecule has 7 heteroatoms. The molecule has 0 unspecified atom stereocenters. The summed E-state index contributed by atoms with van der Waals surface area (Å²) in [5, 5.41) is 6.03. The first-order valence-corrected chi connectivity index (χ1v) is 8.80. The van der Waals surface area contributed by atoms with Gasteiger partial charge in [0.15, 0.2) is 18.1 Å². The number of amides is 2. The molecule has 140 valence electrons. The van der Waals surface area contributed by atoms with Crippen molar-refractivity contribution >= 4 is 40.8 Å². The van der Waals surface area contributed by atoms with E-state index >= 15 is 0 Å². The van der Waals surface area contributed by atoms with E-state index in [4.69, 9.17) is 21.1 Å². The lowest BCUT2D eigenvalue weighted by atomic mass is 10.0. The number of hydrogen-bond acceptors (Lipinski definition) is 4. The average molecular weight is 387 g/mol. The number of likely N-dealkylation sites (N-methyl/N-ethyl adjacent to an activating group) is 1. The predicted molar refractivity (Wildman–Crippen MR) is 105 cm³/mol. The highest BCUT2D eigenvalue weighted by molar-refractivity contribution is 6.36. The molecule has 27 heavy (non-hydrogen) atoms. The molecule has 0 radical (unpaired) electrons. The molecule has 0 aliphatic carbocycles. The molecule has 2 aromatic carbocycles. The smallest absolute Gasteiger partial charge is 0.257 e. The van der Waals surface area contributed by atoms with E-state index in [1.807, 2.05) is 6.92 Å². The molecular formula is C20H19ClN2O4. The molecular weight excluding hydrogens is 368 g/mol. The number of methoxy groups -OCH3 is 1. The third-order valence-corrected chi connectivity index (χ3v) is 4.23. The van der Waals surface area contributed by atoms with Crippen molar-refractivity contribution in [3.05, 3.63) is 52.5 Å². The zero-order chi connectivity index (χ0) is 19.4. The van der Waals surface area contributed by atoms with E-state index < -0.39 is 0 Å². The van der Waals surface area contributed by atoms with Gasteiger partial charge in [0.2, 0.25) is 0 Å². The Balaban J connectivity index is 1.86. The van der Waals surface area contributed by atoms with Crippen LogP contribution >= 0.6 is 11.6 Å². The van der Waals surface area contributed by atoms with Crippen molar-refractivity contribution in [1.29, 1.82) is 0 Å². The molecule has 0 bridgehead atoms. The van der Waals surface area contributed by atoms with Gasteiger partial charge in [0, 0.05) is 28.4 Å². The van der Waals surface area contributed by atoms with Crippen molar-refractivity contribution in [2.75, 3.05) is 25.6 Å². The number of benzene rings is 2. The van der Waals surface area contributed by atoms with Gasteiger partial charge >= 0.3 is 0 Å². The lowest BCUT2D eigenvalue weighted by Gasteiger charge is -2.11. The zero-order valence-electron chi connectivity index (χ0n) is 15.0. The maximum Gasteiger partial charge on any atom is 0.257 e. The number of rotatable bonds is 6. The van der Waals surface area contributed by atoms with Crippen molar-refractivity contribution < 1.29 is 19.1 Å². The fraction of sp³-hybridized carbons (Fsp3) is 0.200. The second-order valence-corrected chi connectivity index (χ2v) is 6.29. The van der Waals surface area contributed by atoms with E-state index in [1.165, 1.54) is 7.11 Å². The van der Waals surface area contributed by atoms with Gasteiger partial charge in [-0.3, -0.25) is 9.59 Å². The maximum absolute atomic E-state index is 12.3. The Labute approximate surface area is 162 Å².